The maximum Gasteiger partial charge on any atom is 0.343 e. The lowest BCUT2D eigenvalue weighted by molar-refractivity contribution is -0.384. The number of carbonyl (C=O) groups is 3. The van der Waals surface area contributed by atoms with Crippen molar-refractivity contribution in [2.24, 2.45) is 5.10 Å². The Kier molecular flexibility index (Phi) is 7.39. The average molecular weight is 464 g/mol. The highest BCUT2D eigenvalue weighted by atomic mass is 19.1. The maximum absolute atomic E-state index is 12.9. The van der Waals surface area contributed by atoms with Crippen LogP contribution in [0, 0.1) is 15.9 Å². The second kappa shape index (κ2) is 10.6. The minimum Gasteiger partial charge on any atom is -0.422 e. The first-order valence-corrected chi connectivity index (χ1v) is 9.72. The molecule has 0 atom stereocenters. The molecule has 10 nitrogen and oxygen atoms in total. The van der Waals surface area contributed by atoms with Gasteiger partial charge in [-0.15, -0.1) is 0 Å². The zero-order valence-corrected chi connectivity index (χ0v) is 17.7. The summed E-state index contributed by atoms with van der Waals surface area (Å²) < 4.78 is 18.3. The molecule has 172 valence electrons. The number of nitro groups is 1. The molecule has 3 aromatic rings. The van der Waals surface area contributed by atoms with Gasteiger partial charge in [-0.3, -0.25) is 19.7 Å². The fourth-order valence-corrected chi connectivity index (χ4v) is 2.70. The zero-order chi connectivity index (χ0) is 24.7. The fraction of sp³-hybridized carbons (Fsp3) is 0.0435. The lowest BCUT2D eigenvalue weighted by atomic mass is 10.1. The van der Waals surface area contributed by atoms with Crippen LogP contribution in [-0.2, 0) is 9.59 Å². The molecule has 0 spiro atoms. The SMILES string of the molecule is CC(=NNC(=O)C(=O)Nc1ccc(F)cc1)c1ccccc1OC(=O)c1ccc([N+](=O)[O-])cc1. The van der Waals surface area contributed by atoms with Crippen LogP contribution in [0.3, 0.4) is 0 Å². The second-order valence-corrected chi connectivity index (χ2v) is 6.79. The van der Waals surface area contributed by atoms with Gasteiger partial charge in [0.05, 0.1) is 16.2 Å². The van der Waals surface area contributed by atoms with Crippen LogP contribution in [0.5, 0.6) is 5.75 Å². The summed E-state index contributed by atoms with van der Waals surface area (Å²) in [6, 6.07) is 16.1. The largest absolute Gasteiger partial charge is 0.422 e. The number of nitrogens with zero attached hydrogens (tertiary/aromatic N) is 2. The van der Waals surface area contributed by atoms with Crippen molar-refractivity contribution in [3.05, 3.63) is 99.9 Å². The molecule has 34 heavy (non-hydrogen) atoms. The number of hydrogen-bond donors (Lipinski definition) is 2. The van der Waals surface area contributed by atoms with Gasteiger partial charge in [-0.25, -0.2) is 14.6 Å². The third kappa shape index (κ3) is 6.07. The van der Waals surface area contributed by atoms with E-state index in [0.29, 0.717) is 5.56 Å². The van der Waals surface area contributed by atoms with Crippen molar-refractivity contribution in [3.8, 4) is 5.75 Å². The number of halogens is 1. The van der Waals surface area contributed by atoms with E-state index in [-0.39, 0.29) is 28.4 Å². The van der Waals surface area contributed by atoms with Crippen LogP contribution in [0.2, 0.25) is 0 Å². The topological polar surface area (TPSA) is 140 Å². The number of amides is 2. The van der Waals surface area contributed by atoms with Gasteiger partial charge in [0.25, 0.3) is 5.69 Å². The number of anilines is 1. The van der Waals surface area contributed by atoms with Crippen LogP contribution in [0.15, 0.2) is 77.9 Å². The van der Waals surface area contributed by atoms with Gasteiger partial charge in [0.15, 0.2) is 0 Å². The Morgan fingerprint density at radius 3 is 2.24 bits per heavy atom. The summed E-state index contributed by atoms with van der Waals surface area (Å²) in [7, 11) is 0. The molecule has 0 saturated heterocycles. The van der Waals surface area contributed by atoms with Crippen LogP contribution in [0.4, 0.5) is 15.8 Å². The first kappa shape index (κ1) is 23.7. The summed E-state index contributed by atoms with van der Waals surface area (Å²) in [6.07, 6.45) is 0. The predicted octanol–water partition coefficient (Wildman–Crippen LogP) is 3.43. The molecule has 0 unspecified atom stereocenters. The molecule has 2 N–H and O–H groups in total. The molecule has 11 heteroatoms. The van der Waals surface area contributed by atoms with E-state index in [2.05, 4.69) is 15.8 Å². The van der Waals surface area contributed by atoms with Gasteiger partial charge in [-0.05, 0) is 55.5 Å². The van der Waals surface area contributed by atoms with E-state index >= 15 is 0 Å². The minimum absolute atomic E-state index is 0.0979. The standard InChI is InChI=1S/C23H17FN4O6/c1-14(26-27-22(30)21(29)25-17-10-8-16(24)9-11-17)19-4-2-3-5-20(19)34-23(31)15-6-12-18(13-7-15)28(32)33/h2-13H,1H3,(H,25,29)(H,27,30). The lowest BCUT2D eigenvalue weighted by Crippen LogP contribution is -2.33. The highest BCUT2D eigenvalue weighted by molar-refractivity contribution is 6.39. The number of ether oxygens (including phenoxy) is 1. The van der Waals surface area contributed by atoms with Crippen LogP contribution in [0.1, 0.15) is 22.8 Å². The van der Waals surface area contributed by atoms with Crippen molar-refractivity contribution in [3.63, 3.8) is 0 Å². The molecule has 0 aliphatic carbocycles. The molecule has 0 heterocycles. The quantitative estimate of drug-likeness (QED) is 0.143. The van der Waals surface area contributed by atoms with Crippen LogP contribution < -0.4 is 15.5 Å². The fourth-order valence-electron chi connectivity index (χ4n) is 2.70. The number of non-ortho nitro benzene ring substituents is 1. The summed E-state index contributed by atoms with van der Waals surface area (Å²) in [5, 5.41) is 16.9. The molecule has 0 bridgehead atoms. The van der Waals surface area contributed by atoms with Gasteiger partial charge in [-0.1, -0.05) is 12.1 Å². The van der Waals surface area contributed by atoms with E-state index in [9.17, 15) is 28.9 Å². The van der Waals surface area contributed by atoms with Gasteiger partial charge in [0.1, 0.15) is 11.6 Å². The number of nitrogens with one attached hydrogen (secondary N) is 2. The highest BCUT2D eigenvalue weighted by Gasteiger charge is 2.16. The molecule has 0 radical (unpaired) electrons. The van der Waals surface area contributed by atoms with Gasteiger partial charge >= 0.3 is 17.8 Å². The Hall–Kier alpha value is -4.93. The van der Waals surface area contributed by atoms with Crippen LogP contribution in [-0.4, -0.2) is 28.4 Å². The molecule has 3 rings (SSSR count). The third-order valence-corrected chi connectivity index (χ3v) is 4.43. The second-order valence-electron chi connectivity index (χ2n) is 6.79. The van der Waals surface area contributed by atoms with Gasteiger partial charge in [0.2, 0.25) is 0 Å². The maximum atomic E-state index is 12.9. The molecular formula is C23H17FN4O6. The van der Waals surface area contributed by atoms with E-state index in [0.717, 1.165) is 12.1 Å². The highest BCUT2D eigenvalue weighted by Crippen LogP contribution is 2.21. The zero-order valence-electron chi connectivity index (χ0n) is 17.7. The summed E-state index contributed by atoms with van der Waals surface area (Å²) in [6.45, 7) is 1.52. The number of nitro benzene ring substituents is 1. The lowest BCUT2D eigenvalue weighted by Gasteiger charge is -2.10. The van der Waals surface area contributed by atoms with Crippen molar-refractivity contribution in [2.75, 3.05) is 5.32 Å². The molecule has 0 fully saturated rings. The molecule has 3 aromatic carbocycles. The summed E-state index contributed by atoms with van der Waals surface area (Å²) in [5.74, 6) is -3.20. The number of rotatable bonds is 6. The number of para-hydroxylation sites is 1. The first-order chi connectivity index (χ1) is 16.2. The van der Waals surface area contributed by atoms with E-state index in [1.165, 1.54) is 49.4 Å². The van der Waals surface area contributed by atoms with Crippen molar-refractivity contribution >= 4 is 34.9 Å². The summed E-state index contributed by atoms with van der Waals surface area (Å²) >= 11 is 0. The van der Waals surface area contributed by atoms with E-state index in [1.54, 1.807) is 18.2 Å². The number of benzene rings is 3. The Labute approximate surface area is 192 Å². The van der Waals surface area contributed by atoms with Crippen LogP contribution >= 0.6 is 0 Å². The normalized spacial score (nSPS) is 10.8. The van der Waals surface area contributed by atoms with Crippen molar-refractivity contribution < 1.29 is 28.4 Å². The summed E-state index contributed by atoms with van der Waals surface area (Å²) in [5.41, 5.74) is 2.85. The van der Waals surface area contributed by atoms with Gasteiger partial charge in [-0.2, -0.15) is 5.10 Å². The van der Waals surface area contributed by atoms with Gasteiger partial charge < -0.3 is 10.1 Å². The summed E-state index contributed by atoms with van der Waals surface area (Å²) in [4.78, 5) is 46.6. The number of hydrazone groups is 1. The molecule has 0 aromatic heterocycles. The third-order valence-electron chi connectivity index (χ3n) is 4.43. The molecule has 0 aliphatic heterocycles. The first-order valence-electron chi connectivity index (χ1n) is 9.72. The Morgan fingerprint density at radius 2 is 1.59 bits per heavy atom. The van der Waals surface area contributed by atoms with Crippen molar-refractivity contribution in [1.29, 1.82) is 0 Å². The van der Waals surface area contributed by atoms with E-state index < -0.39 is 28.5 Å². The van der Waals surface area contributed by atoms with Crippen LogP contribution in [0.25, 0.3) is 0 Å². The number of esters is 1. The number of hydrogen-bond acceptors (Lipinski definition) is 7. The molecule has 2 amide bonds. The van der Waals surface area contributed by atoms with Crippen molar-refractivity contribution in [2.45, 2.75) is 6.92 Å². The van der Waals surface area contributed by atoms with E-state index in [4.69, 9.17) is 4.74 Å². The van der Waals surface area contributed by atoms with E-state index in [1.807, 2.05) is 0 Å². The molecule has 0 aliphatic rings. The smallest absolute Gasteiger partial charge is 0.343 e. The van der Waals surface area contributed by atoms with Gasteiger partial charge in [0, 0.05) is 23.4 Å². The molecular weight excluding hydrogens is 447 g/mol. The Bertz CT molecular complexity index is 1270. The number of carbonyl (C=O) groups excluding carboxylic acids is 3. The average Bonchev–Trinajstić information content (AvgIpc) is 2.84. The predicted molar refractivity (Wildman–Crippen MR) is 120 cm³/mol. The Morgan fingerprint density at radius 1 is 0.941 bits per heavy atom. The monoisotopic (exact) mass is 464 g/mol. The Balaban J connectivity index is 1.68. The van der Waals surface area contributed by atoms with Crippen molar-refractivity contribution in [1.82, 2.24) is 5.43 Å². The minimum atomic E-state index is -1.07. The molecule has 0 saturated carbocycles.